The lowest BCUT2D eigenvalue weighted by Crippen LogP contribution is -2.07. The molecule has 3 rings (SSSR count). The van der Waals surface area contributed by atoms with Crippen LogP contribution in [0.15, 0.2) is 54.1 Å². The van der Waals surface area contributed by atoms with Crippen molar-refractivity contribution in [2.24, 2.45) is 0 Å². The van der Waals surface area contributed by atoms with E-state index in [2.05, 4.69) is 6.07 Å². The monoisotopic (exact) mass is 319 g/mol. The quantitative estimate of drug-likeness (QED) is 0.622. The summed E-state index contributed by atoms with van der Waals surface area (Å²) < 4.78 is 5.48. The molecule has 0 atom stereocenters. The largest absolute Gasteiger partial charge is 0.422 e. The number of benzene rings is 2. The highest BCUT2D eigenvalue weighted by Crippen LogP contribution is 2.30. The van der Waals surface area contributed by atoms with Crippen molar-refractivity contribution in [2.75, 3.05) is 19.0 Å². The van der Waals surface area contributed by atoms with Crippen LogP contribution in [0.1, 0.15) is 22.3 Å². The zero-order chi connectivity index (χ0) is 17.3. The molecule has 2 aromatic rings. The van der Waals surface area contributed by atoms with Crippen LogP contribution in [0.2, 0.25) is 0 Å². The molecule has 0 unspecified atom stereocenters. The van der Waals surface area contributed by atoms with E-state index in [1.54, 1.807) is 0 Å². The average molecular weight is 319 g/mol. The molecule has 1 heterocycles. The molecule has 1 aliphatic rings. The van der Waals surface area contributed by atoms with Crippen LogP contribution in [-0.2, 0) is 9.53 Å². The lowest BCUT2D eigenvalue weighted by Gasteiger charge is -2.11. The summed E-state index contributed by atoms with van der Waals surface area (Å²) in [4.78, 5) is 14.2. The predicted octanol–water partition coefficient (Wildman–Crippen LogP) is 4.35. The van der Waals surface area contributed by atoms with E-state index in [4.69, 9.17) is 4.74 Å². The number of hydrogen-bond acceptors (Lipinski definition) is 3. The van der Waals surface area contributed by atoms with Gasteiger partial charge in [-0.3, -0.25) is 0 Å². The molecule has 0 amide bonds. The smallest absolute Gasteiger partial charge is 0.343 e. The van der Waals surface area contributed by atoms with Gasteiger partial charge in [-0.25, -0.2) is 4.79 Å². The van der Waals surface area contributed by atoms with Crippen LogP contribution in [0.25, 0.3) is 11.8 Å². The maximum atomic E-state index is 12.2. The Labute approximate surface area is 142 Å². The molecule has 0 bridgehead atoms. The highest BCUT2D eigenvalue weighted by atomic mass is 16.5. The SMILES string of the molecule is Cc1ccc(C)c(C2=CC(=Cc3ccc(N(C)C)cc3)C(=O)O2)c1. The lowest BCUT2D eigenvalue weighted by molar-refractivity contribution is -0.130. The summed E-state index contributed by atoms with van der Waals surface area (Å²) in [6.45, 7) is 4.05. The Morgan fingerprint density at radius 3 is 2.38 bits per heavy atom. The molecule has 3 heteroatoms. The van der Waals surface area contributed by atoms with E-state index >= 15 is 0 Å². The molecule has 122 valence electrons. The Hall–Kier alpha value is -2.81. The second-order valence-electron chi connectivity index (χ2n) is 6.30. The zero-order valence-corrected chi connectivity index (χ0v) is 14.5. The molecule has 2 aromatic carbocycles. The first-order valence-corrected chi connectivity index (χ1v) is 7.94. The normalized spacial score (nSPS) is 15.4. The molecule has 0 aromatic heterocycles. The molecule has 0 N–H and O–H groups in total. The van der Waals surface area contributed by atoms with Gasteiger partial charge >= 0.3 is 5.97 Å². The summed E-state index contributed by atoms with van der Waals surface area (Å²) in [7, 11) is 4.00. The molecule has 0 radical (unpaired) electrons. The molecule has 0 saturated heterocycles. The molecular formula is C21H21NO2. The van der Waals surface area contributed by atoms with Crippen molar-refractivity contribution in [2.45, 2.75) is 13.8 Å². The van der Waals surface area contributed by atoms with E-state index in [-0.39, 0.29) is 5.97 Å². The fourth-order valence-corrected chi connectivity index (χ4v) is 2.67. The highest BCUT2D eigenvalue weighted by Gasteiger charge is 2.23. The molecule has 0 fully saturated rings. The summed E-state index contributed by atoms with van der Waals surface area (Å²) in [5, 5.41) is 0. The van der Waals surface area contributed by atoms with Crippen LogP contribution in [0.4, 0.5) is 5.69 Å². The van der Waals surface area contributed by atoms with Gasteiger partial charge in [-0.05, 0) is 55.3 Å². The minimum Gasteiger partial charge on any atom is -0.422 e. The number of esters is 1. The molecule has 0 spiro atoms. The molecule has 1 aliphatic heterocycles. The van der Waals surface area contributed by atoms with Crippen molar-refractivity contribution in [3.05, 3.63) is 76.4 Å². The van der Waals surface area contributed by atoms with Gasteiger partial charge in [0, 0.05) is 25.3 Å². The first-order valence-electron chi connectivity index (χ1n) is 7.94. The van der Waals surface area contributed by atoms with E-state index in [9.17, 15) is 4.79 Å². The van der Waals surface area contributed by atoms with Gasteiger partial charge in [0.2, 0.25) is 0 Å². The maximum absolute atomic E-state index is 12.2. The summed E-state index contributed by atoms with van der Waals surface area (Å²) in [6, 6.07) is 14.2. The average Bonchev–Trinajstić information content (AvgIpc) is 2.91. The van der Waals surface area contributed by atoms with Crippen molar-refractivity contribution < 1.29 is 9.53 Å². The van der Waals surface area contributed by atoms with E-state index in [0.29, 0.717) is 11.3 Å². The number of carbonyl (C=O) groups excluding carboxylic acids is 1. The standard InChI is InChI=1S/C21H21NO2/c1-14-5-6-15(2)19(11-14)20-13-17(21(23)24-20)12-16-7-9-18(10-8-16)22(3)4/h5-13H,1-4H3. The third kappa shape index (κ3) is 3.25. The van der Waals surface area contributed by atoms with Gasteiger partial charge in [-0.15, -0.1) is 0 Å². The van der Waals surface area contributed by atoms with Gasteiger partial charge in [0.25, 0.3) is 0 Å². The maximum Gasteiger partial charge on any atom is 0.343 e. The van der Waals surface area contributed by atoms with Crippen LogP contribution in [0, 0.1) is 13.8 Å². The number of carbonyl (C=O) groups is 1. The Balaban J connectivity index is 1.92. The first-order chi connectivity index (χ1) is 11.4. The van der Waals surface area contributed by atoms with E-state index in [1.807, 2.05) is 81.4 Å². The van der Waals surface area contributed by atoms with Gasteiger partial charge in [0.05, 0.1) is 5.57 Å². The Morgan fingerprint density at radius 2 is 1.71 bits per heavy atom. The number of aryl methyl sites for hydroxylation is 2. The molecule has 0 saturated carbocycles. The summed E-state index contributed by atoms with van der Waals surface area (Å²) in [5.74, 6) is 0.319. The van der Waals surface area contributed by atoms with Crippen LogP contribution < -0.4 is 4.90 Å². The fraction of sp³-hybridized carbons (Fsp3) is 0.190. The third-order valence-electron chi connectivity index (χ3n) is 4.12. The number of anilines is 1. The molecule has 24 heavy (non-hydrogen) atoms. The number of cyclic esters (lactones) is 1. The van der Waals surface area contributed by atoms with Crippen molar-refractivity contribution >= 4 is 23.5 Å². The second kappa shape index (κ2) is 6.36. The number of rotatable bonds is 3. The van der Waals surface area contributed by atoms with E-state index in [1.165, 1.54) is 0 Å². The molecule has 3 nitrogen and oxygen atoms in total. The highest BCUT2D eigenvalue weighted by molar-refractivity contribution is 6.05. The Bertz CT molecular complexity index is 843. The van der Waals surface area contributed by atoms with Gasteiger partial charge in [0.1, 0.15) is 5.76 Å². The predicted molar refractivity (Wildman–Crippen MR) is 98.7 cm³/mol. The molecular weight excluding hydrogens is 298 g/mol. The van der Waals surface area contributed by atoms with Crippen LogP contribution in [-0.4, -0.2) is 20.1 Å². The zero-order valence-electron chi connectivity index (χ0n) is 14.5. The van der Waals surface area contributed by atoms with Crippen LogP contribution in [0.3, 0.4) is 0 Å². The summed E-state index contributed by atoms with van der Waals surface area (Å²) in [6.07, 6.45) is 3.68. The number of ether oxygens (including phenoxy) is 1. The van der Waals surface area contributed by atoms with Crippen molar-refractivity contribution in [1.29, 1.82) is 0 Å². The van der Waals surface area contributed by atoms with E-state index in [0.717, 1.165) is 27.9 Å². The fourth-order valence-electron chi connectivity index (χ4n) is 2.67. The number of hydrogen-bond donors (Lipinski definition) is 0. The lowest BCUT2D eigenvalue weighted by atomic mass is 10.0. The summed E-state index contributed by atoms with van der Waals surface area (Å²) in [5.41, 5.74) is 5.88. The minimum atomic E-state index is -0.303. The van der Waals surface area contributed by atoms with Crippen molar-refractivity contribution in [3.8, 4) is 0 Å². The van der Waals surface area contributed by atoms with Gasteiger partial charge in [-0.1, -0.05) is 29.8 Å². The van der Waals surface area contributed by atoms with Crippen molar-refractivity contribution in [1.82, 2.24) is 0 Å². The van der Waals surface area contributed by atoms with Gasteiger partial charge in [0.15, 0.2) is 0 Å². The van der Waals surface area contributed by atoms with Crippen molar-refractivity contribution in [3.63, 3.8) is 0 Å². The van der Waals surface area contributed by atoms with Gasteiger partial charge < -0.3 is 9.64 Å². The Morgan fingerprint density at radius 1 is 1.00 bits per heavy atom. The summed E-state index contributed by atoms with van der Waals surface area (Å²) >= 11 is 0. The van der Waals surface area contributed by atoms with Crippen LogP contribution >= 0.6 is 0 Å². The van der Waals surface area contributed by atoms with E-state index < -0.39 is 0 Å². The molecule has 0 aliphatic carbocycles. The van der Waals surface area contributed by atoms with Gasteiger partial charge in [-0.2, -0.15) is 0 Å². The second-order valence-corrected chi connectivity index (χ2v) is 6.30. The third-order valence-corrected chi connectivity index (χ3v) is 4.12. The minimum absolute atomic E-state index is 0.303. The Kier molecular flexibility index (Phi) is 4.26. The van der Waals surface area contributed by atoms with Crippen LogP contribution in [0.5, 0.6) is 0 Å². The number of nitrogens with zero attached hydrogens (tertiary/aromatic N) is 1. The topological polar surface area (TPSA) is 29.5 Å². The first kappa shape index (κ1) is 16.1.